The predicted octanol–water partition coefficient (Wildman–Crippen LogP) is 2.08. The van der Waals surface area contributed by atoms with Crippen LogP contribution < -0.4 is 0 Å². The number of hydrogen-bond donors (Lipinski definition) is 1. The Balaban J connectivity index is 2.77. The SMILES string of the molecule is C=CCN(CC(=O)c1cc(Cl)ccn1)C(=O)O. The van der Waals surface area contributed by atoms with Gasteiger partial charge in [-0.1, -0.05) is 17.7 Å². The Kier molecular flexibility index (Phi) is 4.66. The highest BCUT2D eigenvalue weighted by Gasteiger charge is 2.16. The van der Waals surface area contributed by atoms with Gasteiger partial charge in [-0.3, -0.25) is 14.7 Å². The number of carbonyl (C=O) groups excluding carboxylic acids is 1. The molecule has 5 nitrogen and oxygen atoms in total. The molecule has 0 atom stereocenters. The fourth-order valence-corrected chi connectivity index (χ4v) is 1.34. The Morgan fingerprint density at radius 1 is 1.59 bits per heavy atom. The van der Waals surface area contributed by atoms with Gasteiger partial charge < -0.3 is 5.11 Å². The zero-order valence-electron chi connectivity index (χ0n) is 8.97. The van der Waals surface area contributed by atoms with Crippen molar-refractivity contribution in [2.24, 2.45) is 0 Å². The van der Waals surface area contributed by atoms with E-state index in [2.05, 4.69) is 11.6 Å². The quantitative estimate of drug-likeness (QED) is 0.645. The number of hydrogen-bond acceptors (Lipinski definition) is 3. The first kappa shape index (κ1) is 13.2. The number of carboxylic acid groups (broad SMARTS) is 1. The summed E-state index contributed by atoms with van der Waals surface area (Å²) in [6.45, 7) is 3.24. The maximum Gasteiger partial charge on any atom is 0.407 e. The molecule has 0 radical (unpaired) electrons. The van der Waals surface area contributed by atoms with Gasteiger partial charge in [0, 0.05) is 17.8 Å². The normalized spacial score (nSPS) is 9.71. The lowest BCUT2D eigenvalue weighted by atomic mass is 10.2. The number of nitrogens with zero attached hydrogens (tertiary/aromatic N) is 2. The summed E-state index contributed by atoms with van der Waals surface area (Å²) in [4.78, 5) is 27.3. The third-order valence-electron chi connectivity index (χ3n) is 1.96. The fourth-order valence-electron chi connectivity index (χ4n) is 1.18. The van der Waals surface area contributed by atoms with Gasteiger partial charge in [-0.2, -0.15) is 0 Å². The number of Topliss-reactive ketones (excluding diaryl/α,β-unsaturated/α-hetero) is 1. The molecule has 1 amide bonds. The zero-order chi connectivity index (χ0) is 12.8. The van der Waals surface area contributed by atoms with Crippen molar-refractivity contribution in [1.29, 1.82) is 0 Å². The van der Waals surface area contributed by atoms with Gasteiger partial charge in [0.2, 0.25) is 5.78 Å². The van der Waals surface area contributed by atoms with Crippen LogP contribution in [0.2, 0.25) is 5.02 Å². The lowest BCUT2D eigenvalue weighted by Crippen LogP contribution is -2.34. The summed E-state index contributed by atoms with van der Waals surface area (Å²) in [7, 11) is 0. The van der Waals surface area contributed by atoms with E-state index in [4.69, 9.17) is 16.7 Å². The molecule has 0 unspecified atom stereocenters. The molecular weight excluding hydrogens is 244 g/mol. The Morgan fingerprint density at radius 3 is 2.82 bits per heavy atom. The Labute approximate surface area is 103 Å². The van der Waals surface area contributed by atoms with Crippen molar-refractivity contribution < 1.29 is 14.7 Å². The molecule has 0 spiro atoms. The van der Waals surface area contributed by atoms with Gasteiger partial charge in [-0.25, -0.2) is 4.79 Å². The molecule has 0 saturated carbocycles. The third-order valence-corrected chi connectivity index (χ3v) is 2.20. The maximum atomic E-state index is 11.7. The van der Waals surface area contributed by atoms with Crippen molar-refractivity contribution >= 4 is 23.5 Å². The van der Waals surface area contributed by atoms with Gasteiger partial charge in [0.1, 0.15) is 5.69 Å². The predicted molar refractivity (Wildman–Crippen MR) is 63.4 cm³/mol. The van der Waals surface area contributed by atoms with Crippen LogP contribution in [0.1, 0.15) is 10.5 Å². The Bertz CT molecular complexity index is 448. The molecule has 0 aromatic carbocycles. The molecule has 0 aliphatic carbocycles. The van der Waals surface area contributed by atoms with Crippen LogP contribution in [0.15, 0.2) is 31.0 Å². The van der Waals surface area contributed by atoms with Crippen LogP contribution >= 0.6 is 11.6 Å². The standard InChI is InChI=1S/C11H11ClN2O3/c1-2-5-14(11(16)17)7-10(15)9-6-8(12)3-4-13-9/h2-4,6H,1,5,7H2,(H,16,17). The number of halogens is 1. The van der Waals surface area contributed by atoms with Crippen LogP contribution in [0.4, 0.5) is 4.79 Å². The van der Waals surface area contributed by atoms with E-state index in [1.54, 1.807) is 0 Å². The molecule has 0 saturated heterocycles. The second kappa shape index (κ2) is 6.00. The van der Waals surface area contributed by atoms with Crippen molar-refractivity contribution in [3.8, 4) is 0 Å². The van der Waals surface area contributed by atoms with E-state index in [9.17, 15) is 9.59 Å². The number of pyridine rings is 1. The molecule has 1 aromatic heterocycles. The van der Waals surface area contributed by atoms with Gasteiger partial charge in [0.25, 0.3) is 0 Å². The van der Waals surface area contributed by atoms with E-state index >= 15 is 0 Å². The van der Waals surface area contributed by atoms with Gasteiger partial charge >= 0.3 is 6.09 Å². The molecule has 1 aromatic rings. The van der Waals surface area contributed by atoms with Crippen molar-refractivity contribution in [2.75, 3.05) is 13.1 Å². The van der Waals surface area contributed by atoms with Crippen LogP contribution in [0.5, 0.6) is 0 Å². The van der Waals surface area contributed by atoms with Crippen LogP contribution in [-0.4, -0.2) is 40.0 Å². The van der Waals surface area contributed by atoms with Crippen molar-refractivity contribution in [3.05, 3.63) is 41.7 Å². The van der Waals surface area contributed by atoms with Gasteiger partial charge in [-0.05, 0) is 12.1 Å². The second-order valence-corrected chi connectivity index (χ2v) is 3.67. The average Bonchev–Trinajstić information content (AvgIpc) is 2.28. The number of aromatic nitrogens is 1. The Morgan fingerprint density at radius 2 is 2.29 bits per heavy atom. The first-order valence-electron chi connectivity index (χ1n) is 4.78. The van der Waals surface area contributed by atoms with E-state index in [-0.39, 0.29) is 18.8 Å². The maximum absolute atomic E-state index is 11.7. The number of ketones is 1. The summed E-state index contributed by atoms with van der Waals surface area (Å²) in [5.41, 5.74) is 0.146. The molecule has 1 rings (SSSR count). The summed E-state index contributed by atoms with van der Waals surface area (Å²) in [6, 6.07) is 2.94. The first-order valence-corrected chi connectivity index (χ1v) is 5.16. The fraction of sp³-hybridized carbons (Fsp3) is 0.182. The molecule has 0 fully saturated rings. The molecule has 17 heavy (non-hydrogen) atoms. The molecule has 0 bridgehead atoms. The van der Waals surface area contributed by atoms with Gasteiger partial charge in [0.05, 0.1) is 6.54 Å². The molecule has 0 aliphatic heterocycles. The van der Waals surface area contributed by atoms with Crippen molar-refractivity contribution in [1.82, 2.24) is 9.88 Å². The molecule has 1 N–H and O–H groups in total. The summed E-state index contributed by atoms with van der Waals surface area (Å²) in [6.07, 6.45) is 1.63. The number of carbonyl (C=O) groups is 2. The Hall–Kier alpha value is -1.88. The number of amides is 1. The van der Waals surface area contributed by atoms with Gasteiger partial charge in [-0.15, -0.1) is 6.58 Å². The van der Waals surface area contributed by atoms with Crippen LogP contribution in [0.3, 0.4) is 0 Å². The first-order chi connectivity index (χ1) is 8.04. The van der Waals surface area contributed by atoms with E-state index in [1.165, 1.54) is 24.4 Å². The highest BCUT2D eigenvalue weighted by Crippen LogP contribution is 2.09. The monoisotopic (exact) mass is 254 g/mol. The summed E-state index contributed by atoms with van der Waals surface area (Å²) < 4.78 is 0. The largest absolute Gasteiger partial charge is 0.465 e. The molecular formula is C11H11ClN2O3. The molecule has 1 heterocycles. The topological polar surface area (TPSA) is 70.5 Å². The van der Waals surface area contributed by atoms with Gasteiger partial charge in [0.15, 0.2) is 0 Å². The highest BCUT2D eigenvalue weighted by molar-refractivity contribution is 6.30. The lowest BCUT2D eigenvalue weighted by Gasteiger charge is -2.15. The smallest absolute Gasteiger partial charge is 0.407 e. The lowest BCUT2D eigenvalue weighted by molar-refractivity contribution is 0.0913. The van der Waals surface area contributed by atoms with Crippen molar-refractivity contribution in [3.63, 3.8) is 0 Å². The van der Waals surface area contributed by atoms with Crippen LogP contribution in [-0.2, 0) is 0 Å². The van der Waals surface area contributed by atoms with E-state index < -0.39 is 11.9 Å². The molecule has 0 aliphatic rings. The minimum absolute atomic E-state index is 0.0850. The summed E-state index contributed by atoms with van der Waals surface area (Å²) in [5.74, 6) is -0.406. The second-order valence-electron chi connectivity index (χ2n) is 3.23. The van der Waals surface area contributed by atoms with E-state index in [1.807, 2.05) is 0 Å². The summed E-state index contributed by atoms with van der Waals surface area (Å²) in [5, 5.41) is 9.22. The average molecular weight is 255 g/mol. The number of rotatable bonds is 5. The van der Waals surface area contributed by atoms with Crippen LogP contribution in [0, 0.1) is 0 Å². The van der Waals surface area contributed by atoms with Crippen molar-refractivity contribution in [2.45, 2.75) is 0 Å². The minimum atomic E-state index is -1.18. The summed E-state index contributed by atoms with van der Waals surface area (Å²) >= 11 is 5.71. The minimum Gasteiger partial charge on any atom is -0.465 e. The third kappa shape index (κ3) is 3.88. The van der Waals surface area contributed by atoms with E-state index in [0.29, 0.717) is 5.02 Å². The van der Waals surface area contributed by atoms with Crippen LogP contribution in [0.25, 0.3) is 0 Å². The highest BCUT2D eigenvalue weighted by atomic mass is 35.5. The molecule has 6 heteroatoms. The van der Waals surface area contributed by atoms with E-state index in [0.717, 1.165) is 4.90 Å². The molecule has 90 valence electrons. The zero-order valence-corrected chi connectivity index (χ0v) is 9.72.